The zero-order chi connectivity index (χ0) is 20.8. The molecule has 30 heavy (non-hydrogen) atoms. The van der Waals surface area contributed by atoms with Gasteiger partial charge in [-0.3, -0.25) is 14.6 Å². The van der Waals surface area contributed by atoms with Crippen LogP contribution in [-0.2, 0) is 17.9 Å². The van der Waals surface area contributed by atoms with Gasteiger partial charge in [0.25, 0.3) is 5.56 Å². The smallest absolute Gasteiger partial charge is 0.269 e. The Bertz CT molecular complexity index is 1040. The lowest BCUT2D eigenvalue weighted by Gasteiger charge is -2.33. The van der Waals surface area contributed by atoms with E-state index in [0.717, 1.165) is 36.2 Å². The molecule has 1 fully saturated rings. The number of nitrogens with one attached hydrogen (secondary N) is 1. The molecule has 154 valence electrons. The van der Waals surface area contributed by atoms with E-state index in [4.69, 9.17) is 0 Å². The van der Waals surface area contributed by atoms with E-state index in [1.165, 1.54) is 4.68 Å². The number of carbonyl (C=O) groups is 1. The first kappa shape index (κ1) is 19.8. The fourth-order valence-corrected chi connectivity index (χ4v) is 3.73. The second-order valence-corrected chi connectivity index (χ2v) is 7.56. The molecular weight excluding hydrogens is 378 g/mol. The Morgan fingerprint density at radius 1 is 1.10 bits per heavy atom. The fraction of sp³-hybridized carbons (Fsp3) is 0.304. The number of nitrogens with zero attached hydrogens (tertiary/aromatic N) is 4. The van der Waals surface area contributed by atoms with E-state index in [-0.39, 0.29) is 17.4 Å². The summed E-state index contributed by atoms with van der Waals surface area (Å²) >= 11 is 0. The molecule has 7 nitrogen and oxygen atoms in total. The van der Waals surface area contributed by atoms with Crippen molar-refractivity contribution in [2.24, 2.45) is 5.92 Å². The molecule has 1 aliphatic rings. The summed E-state index contributed by atoms with van der Waals surface area (Å²) in [7, 11) is 0. The largest absolute Gasteiger partial charge is 0.369 e. The standard InChI is InChI=1S/C23H25N5O2/c29-22-12-21(15-26-28(22)16-18-6-2-1-3-7-18)27-11-5-9-20(17-27)23(30)25-14-19-8-4-10-24-13-19/h1-4,6-8,10,12-13,15,20H,5,9,11,14,16-17H2,(H,25,30). The predicted octanol–water partition coefficient (Wildman–Crippen LogP) is 2.22. The zero-order valence-corrected chi connectivity index (χ0v) is 16.8. The highest BCUT2D eigenvalue weighted by molar-refractivity contribution is 5.79. The predicted molar refractivity (Wildman–Crippen MR) is 115 cm³/mol. The Morgan fingerprint density at radius 3 is 2.70 bits per heavy atom. The summed E-state index contributed by atoms with van der Waals surface area (Å²) in [6.45, 7) is 2.32. The van der Waals surface area contributed by atoms with Crippen molar-refractivity contribution in [1.29, 1.82) is 0 Å². The Morgan fingerprint density at radius 2 is 1.93 bits per heavy atom. The first-order valence-corrected chi connectivity index (χ1v) is 10.2. The average molecular weight is 403 g/mol. The molecule has 1 atom stereocenters. The Labute approximate surface area is 175 Å². The molecule has 3 aromatic rings. The van der Waals surface area contributed by atoms with Crippen LogP contribution in [0.15, 0.2) is 71.9 Å². The van der Waals surface area contributed by atoms with E-state index in [1.807, 2.05) is 42.5 Å². The summed E-state index contributed by atoms with van der Waals surface area (Å²) < 4.78 is 1.46. The van der Waals surface area contributed by atoms with Gasteiger partial charge in [-0.1, -0.05) is 36.4 Å². The van der Waals surface area contributed by atoms with E-state index >= 15 is 0 Å². The number of hydrogen-bond acceptors (Lipinski definition) is 5. The summed E-state index contributed by atoms with van der Waals surface area (Å²) in [5.41, 5.74) is 2.64. The summed E-state index contributed by atoms with van der Waals surface area (Å²) in [6.07, 6.45) is 6.93. The van der Waals surface area contributed by atoms with Gasteiger partial charge < -0.3 is 10.2 Å². The molecule has 0 bridgehead atoms. The van der Waals surface area contributed by atoms with Crippen molar-refractivity contribution >= 4 is 11.6 Å². The molecule has 4 rings (SSSR count). The molecule has 2 aromatic heterocycles. The van der Waals surface area contributed by atoms with Crippen LogP contribution in [0.5, 0.6) is 0 Å². The minimum absolute atomic E-state index is 0.0360. The van der Waals surface area contributed by atoms with Crippen LogP contribution in [0.3, 0.4) is 0 Å². The molecular formula is C23H25N5O2. The van der Waals surface area contributed by atoms with Crippen LogP contribution in [0.4, 0.5) is 5.69 Å². The zero-order valence-electron chi connectivity index (χ0n) is 16.8. The third kappa shape index (κ3) is 4.92. The third-order valence-electron chi connectivity index (χ3n) is 5.38. The topological polar surface area (TPSA) is 80.1 Å². The molecule has 1 N–H and O–H groups in total. The van der Waals surface area contributed by atoms with Gasteiger partial charge >= 0.3 is 0 Å². The maximum Gasteiger partial charge on any atom is 0.269 e. The summed E-state index contributed by atoms with van der Waals surface area (Å²) in [4.78, 5) is 31.3. The molecule has 7 heteroatoms. The molecule has 1 aromatic carbocycles. The second kappa shape index (κ2) is 9.35. The van der Waals surface area contributed by atoms with Gasteiger partial charge in [-0.2, -0.15) is 5.10 Å². The second-order valence-electron chi connectivity index (χ2n) is 7.56. The van der Waals surface area contributed by atoms with Crippen LogP contribution in [0.1, 0.15) is 24.0 Å². The fourth-order valence-electron chi connectivity index (χ4n) is 3.73. The van der Waals surface area contributed by atoms with E-state index < -0.39 is 0 Å². The molecule has 3 heterocycles. The molecule has 1 aliphatic heterocycles. The van der Waals surface area contributed by atoms with Gasteiger partial charge in [0.1, 0.15) is 0 Å². The highest BCUT2D eigenvalue weighted by Gasteiger charge is 2.26. The molecule has 1 saturated heterocycles. The number of pyridine rings is 1. The van der Waals surface area contributed by atoms with E-state index in [0.29, 0.717) is 19.6 Å². The first-order chi connectivity index (χ1) is 14.7. The van der Waals surface area contributed by atoms with Crippen LogP contribution in [0.2, 0.25) is 0 Å². The Kier molecular flexibility index (Phi) is 6.17. The van der Waals surface area contributed by atoms with Crippen molar-refractivity contribution in [3.05, 3.63) is 88.6 Å². The van der Waals surface area contributed by atoms with Gasteiger partial charge in [-0.25, -0.2) is 4.68 Å². The lowest BCUT2D eigenvalue weighted by atomic mass is 9.96. The molecule has 0 radical (unpaired) electrons. The molecule has 0 spiro atoms. The lowest BCUT2D eigenvalue weighted by Crippen LogP contribution is -2.43. The Hall–Kier alpha value is -3.48. The van der Waals surface area contributed by atoms with Crippen LogP contribution in [0.25, 0.3) is 0 Å². The van der Waals surface area contributed by atoms with Crippen molar-refractivity contribution < 1.29 is 4.79 Å². The van der Waals surface area contributed by atoms with Crippen molar-refractivity contribution in [3.63, 3.8) is 0 Å². The van der Waals surface area contributed by atoms with E-state index in [2.05, 4.69) is 20.3 Å². The number of carbonyl (C=O) groups excluding carboxylic acids is 1. The normalized spacial score (nSPS) is 16.3. The molecule has 0 aliphatic carbocycles. The van der Waals surface area contributed by atoms with Crippen molar-refractivity contribution in [3.8, 4) is 0 Å². The number of aromatic nitrogens is 3. The number of benzene rings is 1. The quantitative estimate of drug-likeness (QED) is 0.683. The van der Waals surface area contributed by atoms with Crippen LogP contribution < -0.4 is 15.8 Å². The van der Waals surface area contributed by atoms with Gasteiger partial charge in [0.2, 0.25) is 5.91 Å². The summed E-state index contributed by atoms with van der Waals surface area (Å²) in [5.74, 6) is -0.0731. The SMILES string of the molecule is O=C(NCc1cccnc1)C1CCCN(c2cnn(Cc3ccccc3)c(=O)c2)C1. The minimum Gasteiger partial charge on any atom is -0.369 e. The van der Waals surface area contributed by atoms with Gasteiger partial charge in [-0.05, 0) is 30.0 Å². The van der Waals surface area contributed by atoms with Crippen molar-refractivity contribution in [2.75, 3.05) is 18.0 Å². The lowest BCUT2D eigenvalue weighted by molar-refractivity contribution is -0.125. The number of rotatable bonds is 6. The minimum atomic E-state index is -0.139. The summed E-state index contributed by atoms with van der Waals surface area (Å²) in [5, 5.41) is 7.35. The monoisotopic (exact) mass is 403 g/mol. The van der Waals surface area contributed by atoms with Crippen LogP contribution >= 0.6 is 0 Å². The summed E-state index contributed by atoms with van der Waals surface area (Å²) in [6, 6.07) is 15.2. The average Bonchev–Trinajstić information content (AvgIpc) is 2.80. The van der Waals surface area contributed by atoms with E-state index in [9.17, 15) is 9.59 Å². The highest BCUT2D eigenvalue weighted by atomic mass is 16.2. The first-order valence-electron chi connectivity index (χ1n) is 10.2. The molecule has 0 saturated carbocycles. The number of hydrogen-bond donors (Lipinski definition) is 1. The van der Waals surface area contributed by atoms with Crippen LogP contribution in [-0.4, -0.2) is 33.8 Å². The van der Waals surface area contributed by atoms with Gasteiger partial charge in [0.05, 0.1) is 24.3 Å². The number of piperidine rings is 1. The number of amides is 1. The highest BCUT2D eigenvalue weighted by Crippen LogP contribution is 2.22. The van der Waals surface area contributed by atoms with Crippen molar-refractivity contribution in [1.82, 2.24) is 20.1 Å². The maximum atomic E-state index is 12.6. The maximum absolute atomic E-state index is 12.6. The molecule has 1 unspecified atom stereocenters. The van der Waals surface area contributed by atoms with Gasteiger partial charge in [0, 0.05) is 38.1 Å². The van der Waals surface area contributed by atoms with Gasteiger partial charge in [-0.15, -0.1) is 0 Å². The third-order valence-corrected chi connectivity index (χ3v) is 5.38. The van der Waals surface area contributed by atoms with Crippen molar-refractivity contribution in [2.45, 2.75) is 25.9 Å². The number of anilines is 1. The molecule has 1 amide bonds. The van der Waals surface area contributed by atoms with Gasteiger partial charge in [0.15, 0.2) is 0 Å². The van der Waals surface area contributed by atoms with E-state index in [1.54, 1.807) is 24.7 Å². The Balaban J connectivity index is 1.38. The van der Waals surface area contributed by atoms with Crippen LogP contribution in [0, 0.1) is 5.92 Å².